The summed E-state index contributed by atoms with van der Waals surface area (Å²) >= 11 is 0. The van der Waals surface area contributed by atoms with Crippen LogP contribution in [0.4, 0.5) is 0 Å². The van der Waals surface area contributed by atoms with Gasteiger partial charge in [0.1, 0.15) is 6.07 Å². The third-order valence-electron chi connectivity index (χ3n) is 6.48. The third-order valence-corrected chi connectivity index (χ3v) is 8.44. The number of amides is 1. The average molecular weight is 404 g/mol. The first kappa shape index (κ1) is 20.8. The molecule has 1 N–H and O–H groups in total. The molecule has 0 aromatic heterocycles. The Balaban J connectivity index is 1.61. The van der Waals surface area contributed by atoms with Crippen molar-refractivity contribution in [3.8, 4) is 6.07 Å². The maximum absolute atomic E-state index is 12.9. The molecule has 7 heteroatoms. The summed E-state index contributed by atoms with van der Waals surface area (Å²) in [6.45, 7) is 5.05. The van der Waals surface area contributed by atoms with Gasteiger partial charge in [0.15, 0.2) is 0 Å². The van der Waals surface area contributed by atoms with Gasteiger partial charge in [0.05, 0.1) is 10.5 Å². The molecule has 152 valence electrons. The van der Waals surface area contributed by atoms with Crippen LogP contribution in [0.2, 0.25) is 0 Å². The van der Waals surface area contributed by atoms with E-state index >= 15 is 0 Å². The molecule has 1 aliphatic heterocycles. The minimum Gasteiger partial charge on any atom is -0.353 e. The van der Waals surface area contributed by atoms with Gasteiger partial charge in [0.2, 0.25) is 15.9 Å². The van der Waals surface area contributed by atoms with Crippen molar-refractivity contribution in [3.63, 3.8) is 0 Å². The van der Waals surface area contributed by atoms with Crippen molar-refractivity contribution >= 4 is 15.9 Å². The van der Waals surface area contributed by atoms with E-state index in [2.05, 4.69) is 19.2 Å². The van der Waals surface area contributed by atoms with Gasteiger partial charge in [-0.25, -0.2) is 8.42 Å². The van der Waals surface area contributed by atoms with E-state index in [1.807, 2.05) is 6.07 Å². The van der Waals surface area contributed by atoms with E-state index in [0.29, 0.717) is 37.8 Å². The van der Waals surface area contributed by atoms with E-state index in [1.54, 1.807) is 12.1 Å². The van der Waals surface area contributed by atoms with E-state index in [1.165, 1.54) is 22.9 Å². The van der Waals surface area contributed by atoms with Gasteiger partial charge in [0, 0.05) is 25.0 Å². The number of carbonyl (C=O) groups excluding carboxylic acids is 1. The lowest BCUT2D eigenvalue weighted by Gasteiger charge is -2.36. The van der Waals surface area contributed by atoms with Gasteiger partial charge < -0.3 is 5.32 Å². The molecule has 1 aromatic rings. The number of nitrogens with one attached hydrogen (secondary N) is 1. The van der Waals surface area contributed by atoms with Crippen molar-refractivity contribution in [1.29, 1.82) is 5.26 Å². The van der Waals surface area contributed by atoms with E-state index < -0.39 is 10.0 Å². The highest BCUT2D eigenvalue weighted by atomic mass is 32.2. The fraction of sp³-hybridized carbons (Fsp3) is 0.619. The van der Waals surface area contributed by atoms with Crippen molar-refractivity contribution in [2.75, 3.05) is 13.1 Å². The predicted molar refractivity (Wildman–Crippen MR) is 107 cm³/mol. The van der Waals surface area contributed by atoms with Crippen molar-refractivity contribution in [2.45, 2.75) is 56.9 Å². The van der Waals surface area contributed by atoms with E-state index in [-0.39, 0.29) is 28.3 Å². The number of nitrogens with zero attached hydrogens (tertiary/aromatic N) is 2. The monoisotopic (exact) mass is 403 g/mol. The number of rotatable bonds is 4. The topological polar surface area (TPSA) is 90.3 Å². The highest BCUT2D eigenvalue weighted by Crippen LogP contribution is 2.31. The molecule has 2 fully saturated rings. The van der Waals surface area contributed by atoms with Gasteiger partial charge in [-0.15, -0.1) is 0 Å². The number of piperidine rings is 1. The number of hydrogen-bond acceptors (Lipinski definition) is 4. The second-order valence-electron chi connectivity index (χ2n) is 8.17. The first-order valence-electron chi connectivity index (χ1n) is 10.1. The molecule has 1 saturated carbocycles. The van der Waals surface area contributed by atoms with Gasteiger partial charge in [-0.3, -0.25) is 4.79 Å². The minimum atomic E-state index is -3.72. The first-order valence-corrected chi connectivity index (χ1v) is 11.6. The number of nitriles is 1. The Morgan fingerprint density at radius 2 is 1.82 bits per heavy atom. The highest BCUT2D eigenvalue weighted by molar-refractivity contribution is 7.89. The molecule has 2 aliphatic rings. The Bertz CT molecular complexity index is 854. The van der Waals surface area contributed by atoms with Crippen LogP contribution < -0.4 is 5.32 Å². The van der Waals surface area contributed by atoms with Crippen LogP contribution in [0.1, 0.15) is 51.5 Å². The molecule has 1 amide bonds. The maximum atomic E-state index is 12.9. The zero-order chi connectivity index (χ0) is 20.3. The second kappa shape index (κ2) is 8.62. The Morgan fingerprint density at radius 3 is 2.50 bits per heavy atom. The van der Waals surface area contributed by atoms with E-state index in [9.17, 15) is 18.5 Å². The molecule has 6 nitrogen and oxygen atoms in total. The van der Waals surface area contributed by atoms with Crippen LogP contribution in [0.25, 0.3) is 0 Å². The van der Waals surface area contributed by atoms with Crippen molar-refractivity contribution in [3.05, 3.63) is 29.8 Å². The minimum absolute atomic E-state index is 0.0467. The molecule has 0 bridgehead atoms. The Kier molecular flexibility index (Phi) is 6.41. The maximum Gasteiger partial charge on any atom is 0.244 e. The average Bonchev–Trinajstić information content (AvgIpc) is 2.71. The summed E-state index contributed by atoms with van der Waals surface area (Å²) in [6.07, 6.45) is 4.40. The fourth-order valence-electron chi connectivity index (χ4n) is 4.37. The smallest absolute Gasteiger partial charge is 0.244 e. The number of hydrogen-bond donors (Lipinski definition) is 1. The summed E-state index contributed by atoms with van der Waals surface area (Å²) in [6, 6.07) is 8.44. The summed E-state index contributed by atoms with van der Waals surface area (Å²) in [5.41, 5.74) is 0.155. The van der Waals surface area contributed by atoms with Crippen LogP contribution in [0.15, 0.2) is 29.2 Å². The summed E-state index contributed by atoms with van der Waals surface area (Å²) in [7, 11) is -3.72. The van der Waals surface area contributed by atoms with Crippen molar-refractivity contribution in [2.24, 2.45) is 17.8 Å². The standard InChI is InChI=1S/C21H29N3O3S/c1-15-6-5-8-19(16(15)2)23-21(25)17-10-12-24(13-11-17)28(26,27)20-9-4-3-7-18(20)14-22/h3-4,7,9,15-17,19H,5-6,8,10-13H2,1-2H3,(H,23,25)/t15-,16-,19+/m1/s1. The van der Waals surface area contributed by atoms with Crippen LogP contribution in [0.3, 0.4) is 0 Å². The Hall–Kier alpha value is -1.91. The van der Waals surface area contributed by atoms with Crippen molar-refractivity contribution < 1.29 is 13.2 Å². The predicted octanol–water partition coefficient (Wildman–Crippen LogP) is 2.90. The molecular formula is C21H29N3O3S. The quantitative estimate of drug-likeness (QED) is 0.837. The summed E-state index contributed by atoms with van der Waals surface area (Å²) in [5.74, 6) is 0.995. The van der Waals surface area contributed by atoms with Crippen LogP contribution in [0, 0.1) is 29.1 Å². The molecule has 0 radical (unpaired) electrons. The van der Waals surface area contributed by atoms with Gasteiger partial charge in [-0.05, 0) is 43.2 Å². The SMILES string of the molecule is C[C@@H]1[C@H](C)CCC[C@@H]1NC(=O)C1CCN(S(=O)(=O)c2ccccc2C#N)CC1. The molecule has 1 aliphatic carbocycles. The first-order chi connectivity index (χ1) is 13.3. The molecule has 3 atom stereocenters. The second-order valence-corrected chi connectivity index (χ2v) is 10.1. The fourth-order valence-corrected chi connectivity index (χ4v) is 5.98. The molecule has 1 aromatic carbocycles. The molecule has 3 rings (SSSR count). The number of benzene rings is 1. The largest absolute Gasteiger partial charge is 0.353 e. The summed E-state index contributed by atoms with van der Waals surface area (Å²) in [4.78, 5) is 12.8. The highest BCUT2D eigenvalue weighted by Gasteiger charge is 2.35. The molecular weight excluding hydrogens is 374 g/mol. The third kappa shape index (κ3) is 4.23. The Labute approximate surface area is 168 Å². The van der Waals surface area contributed by atoms with Gasteiger partial charge >= 0.3 is 0 Å². The normalized spacial score (nSPS) is 27.1. The van der Waals surface area contributed by atoms with Crippen molar-refractivity contribution in [1.82, 2.24) is 9.62 Å². The van der Waals surface area contributed by atoms with Gasteiger partial charge in [0.25, 0.3) is 0 Å². The van der Waals surface area contributed by atoms with Crippen LogP contribution in [-0.4, -0.2) is 37.8 Å². The molecule has 28 heavy (non-hydrogen) atoms. The van der Waals surface area contributed by atoms with Crippen LogP contribution in [-0.2, 0) is 14.8 Å². The lowest BCUT2D eigenvalue weighted by Crippen LogP contribution is -2.48. The molecule has 0 spiro atoms. The van der Waals surface area contributed by atoms with Gasteiger partial charge in [-0.2, -0.15) is 9.57 Å². The zero-order valence-electron chi connectivity index (χ0n) is 16.6. The number of sulfonamides is 1. The molecule has 1 saturated heterocycles. The van der Waals surface area contributed by atoms with Crippen LogP contribution >= 0.6 is 0 Å². The van der Waals surface area contributed by atoms with Gasteiger partial charge in [-0.1, -0.05) is 38.8 Å². The number of carbonyl (C=O) groups is 1. The lowest BCUT2D eigenvalue weighted by atomic mass is 9.78. The molecule has 1 heterocycles. The lowest BCUT2D eigenvalue weighted by molar-refractivity contribution is -0.127. The van der Waals surface area contributed by atoms with E-state index in [0.717, 1.165) is 12.8 Å². The zero-order valence-corrected chi connectivity index (χ0v) is 17.4. The summed E-state index contributed by atoms with van der Waals surface area (Å²) < 4.78 is 27.2. The summed E-state index contributed by atoms with van der Waals surface area (Å²) in [5, 5.41) is 12.4. The van der Waals surface area contributed by atoms with Crippen LogP contribution in [0.5, 0.6) is 0 Å². The van der Waals surface area contributed by atoms with E-state index in [4.69, 9.17) is 0 Å². The molecule has 0 unspecified atom stereocenters. The Morgan fingerprint density at radius 1 is 1.14 bits per heavy atom.